The Hall–Kier alpha value is -2.68. The van der Waals surface area contributed by atoms with Gasteiger partial charge in [0.25, 0.3) is 0 Å². The summed E-state index contributed by atoms with van der Waals surface area (Å²) in [6.07, 6.45) is 1.41. The molecule has 0 radical (unpaired) electrons. The molecule has 0 aromatic heterocycles. The predicted molar refractivity (Wildman–Crippen MR) is 92.9 cm³/mol. The second-order valence-electron chi connectivity index (χ2n) is 6.17. The van der Waals surface area contributed by atoms with Crippen LogP contribution < -0.4 is 0 Å². The van der Waals surface area contributed by atoms with Gasteiger partial charge in [-0.3, -0.25) is 4.79 Å². The minimum atomic E-state index is -0.952. The third kappa shape index (κ3) is 2.37. The van der Waals surface area contributed by atoms with Crippen LogP contribution >= 0.6 is 0 Å². The van der Waals surface area contributed by atoms with Crippen molar-refractivity contribution < 1.29 is 14.3 Å². The summed E-state index contributed by atoms with van der Waals surface area (Å²) < 4.78 is 5.99. The number of ether oxygens (including phenoxy) is 1. The van der Waals surface area contributed by atoms with Crippen molar-refractivity contribution in [2.24, 2.45) is 0 Å². The zero-order valence-corrected chi connectivity index (χ0v) is 14.0. The van der Waals surface area contributed by atoms with Gasteiger partial charge in [-0.2, -0.15) is 0 Å². The number of hydrogen-bond acceptors (Lipinski definition) is 3. The lowest BCUT2D eigenvalue weighted by atomic mass is 9.72. The van der Waals surface area contributed by atoms with Gasteiger partial charge >= 0.3 is 5.97 Å². The number of ketones is 1. The van der Waals surface area contributed by atoms with Crippen molar-refractivity contribution in [3.05, 3.63) is 82.9 Å². The Morgan fingerprint density at radius 2 is 1.54 bits per heavy atom. The molecule has 24 heavy (non-hydrogen) atoms. The van der Waals surface area contributed by atoms with E-state index >= 15 is 0 Å². The highest BCUT2D eigenvalue weighted by Gasteiger charge is 2.46. The molecular formula is C21H20O3. The van der Waals surface area contributed by atoms with Gasteiger partial charge in [0.2, 0.25) is 0 Å². The van der Waals surface area contributed by atoms with Gasteiger partial charge in [-0.15, -0.1) is 0 Å². The SMILES string of the molecule is C=C(C)C(=O)OC1(CCC)c2ccccc2C(=O)c2ccccc21. The highest BCUT2D eigenvalue weighted by Crippen LogP contribution is 2.45. The second-order valence-corrected chi connectivity index (χ2v) is 6.17. The van der Waals surface area contributed by atoms with Gasteiger partial charge in [0.05, 0.1) is 0 Å². The zero-order chi connectivity index (χ0) is 17.3. The molecule has 1 aliphatic carbocycles. The third-order valence-electron chi connectivity index (χ3n) is 4.43. The van der Waals surface area contributed by atoms with Gasteiger partial charge in [0, 0.05) is 27.8 Å². The molecule has 0 heterocycles. The van der Waals surface area contributed by atoms with Crippen LogP contribution in [0.5, 0.6) is 0 Å². The van der Waals surface area contributed by atoms with Gasteiger partial charge in [0.1, 0.15) is 0 Å². The molecule has 0 aliphatic heterocycles. The first-order valence-corrected chi connectivity index (χ1v) is 8.14. The fraction of sp³-hybridized carbons (Fsp3) is 0.238. The lowest BCUT2D eigenvalue weighted by Crippen LogP contribution is -2.40. The molecule has 3 heteroatoms. The Bertz CT molecular complexity index is 783. The first kappa shape index (κ1) is 16.2. The van der Waals surface area contributed by atoms with Crippen LogP contribution in [0.25, 0.3) is 0 Å². The van der Waals surface area contributed by atoms with Crippen LogP contribution in [0.2, 0.25) is 0 Å². The minimum absolute atomic E-state index is 0.0284. The van der Waals surface area contributed by atoms with Crippen LogP contribution in [0.3, 0.4) is 0 Å². The topological polar surface area (TPSA) is 43.4 Å². The number of fused-ring (bicyclic) bond motifs is 2. The molecule has 0 spiro atoms. The number of benzene rings is 2. The van der Waals surface area contributed by atoms with E-state index in [0.717, 1.165) is 17.5 Å². The van der Waals surface area contributed by atoms with Gasteiger partial charge in [-0.05, 0) is 13.3 Å². The van der Waals surface area contributed by atoms with Crippen LogP contribution in [0.15, 0.2) is 60.7 Å². The summed E-state index contributed by atoms with van der Waals surface area (Å²) in [6.45, 7) is 7.37. The Morgan fingerprint density at radius 3 is 2.00 bits per heavy atom. The number of esters is 1. The van der Waals surface area contributed by atoms with E-state index in [1.165, 1.54) is 0 Å². The van der Waals surface area contributed by atoms with Gasteiger partial charge in [-0.25, -0.2) is 4.79 Å². The molecule has 0 fully saturated rings. The molecule has 0 N–H and O–H groups in total. The van der Waals surface area contributed by atoms with E-state index in [0.29, 0.717) is 23.1 Å². The first-order valence-electron chi connectivity index (χ1n) is 8.14. The average molecular weight is 320 g/mol. The molecule has 0 saturated carbocycles. The van der Waals surface area contributed by atoms with Crippen molar-refractivity contribution in [3.63, 3.8) is 0 Å². The largest absolute Gasteiger partial charge is 0.446 e. The van der Waals surface area contributed by atoms with E-state index in [1.54, 1.807) is 19.1 Å². The Labute approximate surface area is 142 Å². The molecule has 0 bridgehead atoms. The summed E-state index contributed by atoms with van der Waals surface area (Å²) in [6, 6.07) is 14.8. The van der Waals surface area contributed by atoms with Gasteiger partial charge < -0.3 is 4.74 Å². The Balaban J connectivity index is 2.31. The van der Waals surface area contributed by atoms with E-state index in [2.05, 4.69) is 6.58 Å². The zero-order valence-electron chi connectivity index (χ0n) is 14.0. The van der Waals surface area contributed by atoms with Crippen LogP contribution in [0, 0.1) is 0 Å². The predicted octanol–water partition coefficient (Wildman–Crippen LogP) is 4.39. The fourth-order valence-corrected chi connectivity index (χ4v) is 3.38. The number of hydrogen-bond donors (Lipinski definition) is 0. The van der Waals surface area contributed by atoms with Crippen molar-refractivity contribution >= 4 is 11.8 Å². The molecule has 0 amide bonds. The molecule has 0 unspecified atom stereocenters. The fourth-order valence-electron chi connectivity index (χ4n) is 3.38. The molecule has 122 valence electrons. The summed E-state index contributed by atoms with van der Waals surface area (Å²) in [5.74, 6) is -0.471. The molecule has 1 aliphatic rings. The van der Waals surface area contributed by atoms with Crippen molar-refractivity contribution in [1.82, 2.24) is 0 Å². The summed E-state index contributed by atoms with van der Waals surface area (Å²) >= 11 is 0. The number of rotatable bonds is 4. The maximum absolute atomic E-state index is 12.9. The molecular weight excluding hydrogens is 300 g/mol. The van der Waals surface area contributed by atoms with E-state index in [1.807, 2.05) is 43.3 Å². The monoisotopic (exact) mass is 320 g/mol. The summed E-state index contributed by atoms with van der Waals surface area (Å²) in [5, 5.41) is 0. The van der Waals surface area contributed by atoms with Gasteiger partial charge in [-0.1, -0.05) is 68.5 Å². The van der Waals surface area contributed by atoms with Crippen molar-refractivity contribution in [1.29, 1.82) is 0 Å². The highest BCUT2D eigenvalue weighted by molar-refractivity contribution is 6.13. The number of carbonyl (C=O) groups is 2. The molecule has 2 aromatic rings. The van der Waals surface area contributed by atoms with Crippen LogP contribution in [0.4, 0.5) is 0 Å². The minimum Gasteiger partial charge on any atom is -0.446 e. The van der Waals surface area contributed by atoms with E-state index in [4.69, 9.17) is 4.74 Å². The molecule has 0 saturated heterocycles. The van der Waals surface area contributed by atoms with E-state index < -0.39 is 11.6 Å². The maximum Gasteiger partial charge on any atom is 0.334 e. The lowest BCUT2D eigenvalue weighted by Gasteiger charge is -2.39. The molecule has 2 aromatic carbocycles. The summed E-state index contributed by atoms with van der Waals surface area (Å²) in [7, 11) is 0. The van der Waals surface area contributed by atoms with Crippen molar-refractivity contribution in [2.45, 2.75) is 32.3 Å². The summed E-state index contributed by atoms with van der Waals surface area (Å²) in [5.41, 5.74) is 2.09. The van der Waals surface area contributed by atoms with Gasteiger partial charge in [0.15, 0.2) is 11.4 Å². The summed E-state index contributed by atoms with van der Waals surface area (Å²) in [4.78, 5) is 25.2. The second kappa shape index (κ2) is 6.08. The van der Waals surface area contributed by atoms with E-state index in [9.17, 15) is 9.59 Å². The molecule has 0 atom stereocenters. The van der Waals surface area contributed by atoms with Crippen LogP contribution in [0.1, 0.15) is 53.7 Å². The smallest absolute Gasteiger partial charge is 0.334 e. The van der Waals surface area contributed by atoms with Crippen molar-refractivity contribution in [2.75, 3.05) is 0 Å². The maximum atomic E-state index is 12.9. The standard InChI is InChI=1S/C21H20O3/c1-4-13-21(24-20(23)14(2)3)17-11-7-5-9-15(17)19(22)16-10-6-8-12-18(16)21/h5-12H,2,4,13H2,1,3H3. The van der Waals surface area contributed by atoms with E-state index in [-0.39, 0.29) is 5.78 Å². The first-order chi connectivity index (χ1) is 11.5. The van der Waals surface area contributed by atoms with Crippen LogP contribution in [-0.4, -0.2) is 11.8 Å². The molecule has 3 nitrogen and oxygen atoms in total. The average Bonchev–Trinajstić information content (AvgIpc) is 2.60. The Morgan fingerprint density at radius 1 is 1.04 bits per heavy atom. The quantitative estimate of drug-likeness (QED) is 0.619. The van der Waals surface area contributed by atoms with Crippen molar-refractivity contribution in [3.8, 4) is 0 Å². The lowest BCUT2D eigenvalue weighted by molar-refractivity contribution is -0.152. The third-order valence-corrected chi connectivity index (χ3v) is 4.43. The Kier molecular flexibility index (Phi) is 4.10. The van der Waals surface area contributed by atoms with Crippen LogP contribution in [-0.2, 0) is 15.1 Å². The highest BCUT2D eigenvalue weighted by atomic mass is 16.6. The normalized spacial score (nSPS) is 14.5. The molecule has 3 rings (SSSR count). The number of carbonyl (C=O) groups excluding carboxylic acids is 2.